The van der Waals surface area contributed by atoms with E-state index in [2.05, 4.69) is 10.1 Å². The Labute approximate surface area is 73.5 Å². The molecule has 0 heterocycles. The number of aliphatic imine (C=N–C) groups is 1. The minimum absolute atomic E-state index is 0.0812. The van der Waals surface area contributed by atoms with Crippen LogP contribution in [0.3, 0.4) is 0 Å². The molecule has 0 spiro atoms. The SMILES string of the molecule is CC(C=NC1C[C@@H]1C(F)(F)F)=NN. The van der Waals surface area contributed by atoms with E-state index in [1.165, 1.54) is 6.21 Å². The number of halogens is 3. The number of hydrogen-bond donors (Lipinski definition) is 1. The maximum Gasteiger partial charge on any atom is 0.393 e. The van der Waals surface area contributed by atoms with E-state index in [0.29, 0.717) is 5.71 Å². The van der Waals surface area contributed by atoms with Gasteiger partial charge in [-0.25, -0.2) is 0 Å². The van der Waals surface area contributed by atoms with E-state index in [1.54, 1.807) is 6.92 Å². The lowest BCUT2D eigenvalue weighted by Gasteiger charge is -2.01. The lowest BCUT2D eigenvalue weighted by molar-refractivity contribution is -0.148. The van der Waals surface area contributed by atoms with Crippen molar-refractivity contribution in [1.82, 2.24) is 0 Å². The summed E-state index contributed by atoms with van der Waals surface area (Å²) < 4.78 is 35.9. The van der Waals surface area contributed by atoms with E-state index in [1.807, 2.05) is 0 Å². The molecule has 1 unspecified atom stereocenters. The molecule has 1 aliphatic carbocycles. The third-order valence-corrected chi connectivity index (χ3v) is 1.83. The van der Waals surface area contributed by atoms with Crippen LogP contribution in [-0.4, -0.2) is 24.1 Å². The summed E-state index contributed by atoms with van der Waals surface area (Å²) in [6.07, 6.45) is -2.76. The summed E-state index contributed by atoms with van der Waals surface area (Å²) in [5.41, 5.74) is 0.424. The van der Waals surface area contributed by atoms with Crippen molar-refractivity contribution in [2.24, 2.45) is 21.9 Å². The molecule has 13 heavy (non-hydrogen) atoms. The molecule has 0 radical (unpaired) electrons. The molecule has 6 heteroatoms. The summed E-state index contributed by atoms with van der Waals surface area (Å²) in [6, 6.07) is -0.628. The zero-order valence-corrected chi connectivity index (χ0v) is 7.04. The highest BCUT2D eigenvalue weighted by molar-refractivity contribution is 6.29. The zero-order valence-electron chi connectivity index (χ0n) is 7.04. The molecule has 0 saturated heterocycles. The van der Waals surface area contributed by atoms with Crippen molar-refractivity contribution in [1.29, 1.82) is 0 Å². The van der Waals surface area contributed by atoms with Crippen molar-refractivity contribution in [2.45, 2.75) is 25.6 Å². The van der Waals surface area contributed by atoms with E-state index >= 15 is 0 Å². The van der Waals surface area contributed by atoms with E-state index in [9.17, 15) is 13.2 Å². The normalized spacial score (nSPS) is 29.7. The summed E-state index contributed by atoms with van der Waals surface area (Å²) in [5, 5.41) is 3.26. The van der Waals surface area contributed by atoms with Crippen LogP contribution in [0.25, 0.3) is 0 Å². The van der Waals surface area contributed by atoms with Crippen molar-refractivity contribution in [2.75, 3.05) is 0 Å². The Morgan fingerprint density at radius 2 is 2.15 bits per heavy atom. The van der Waals surface area contributed by atoms with Crippen molar-refractivity contribution in [3.05, 3.63) is 0 Å². The number of nitrogens with zero attached hydrogens (tertiary/aromatic N) is 2. The van der Waals surface area contributed by atoms with Gasteiger partial charge in [0.1, 0.15) is 0 Å². The average Bonchev–Trinajstić information content (AvgIpc) is 2.78. The molecular formula is C7H10F3N3. The average molecular weight is 193 g/mol. The molecule has 2 N–H and O–H groups in total. The Bertz CT molecular complexity index is 244. The largest absolute Gasteiger partial charge is 0.393 e. The van der Waals surface area contributed by atoms with Gasteiger partial charge in [0.05, 0.1) is 17.7 Å². The molecule has 0 aromatic heterocycles. The van der Waals surface area contributed by atoms with Crippen molar-refractivity contribution >= 4 is 11.9 Å². The quantitative estimate of drug-likeness (QED) is 0.401. The van der Waals surface area contributed by atoms with Gasteiger partial charge in [0, 0.05) is 6.21 Å². The highest BCUT2D eigenvalue weighted by Gasteiger charge is 2.55. The number of hydrazone groups is 1. The molecule has 74 valence electrons. The Morgan fingerprint density at radius 3 is 2.54 bits per heavy atom. The Hall–Kier alpha value is -1.07. The van der Waals surface area contributed by atoms with Crippen LogP contribution in [0.2, 0.25) is 0 Å². The first-order valence-corrected chi connectivity index (χ1v) is 3.79. The second kappa shape index (κ2) is 3.35. The van der Waals surface area contributed by atoms with Gasteiger partial charge in [0.25, 0.3) is 0 Å². The molecule has 0 aromatic carbocycles. The Kier molecular flexibility index (Phi) is 2.58. The highest BCUT2D eigenvalue weighted by Crippen LogP contribution is 2.46. The van der Waals surface area contributed by atoms with Gasteiger partial charge in [-0.3, -0.25) is 4.99 Å². The predicted molar refractivity (Wildman–Crippen MR) is 43.7 cm³/mol. The van der Waals surface area contributed by atoms with Gasteiger partial charge in [-0.05, 0) is 13.3 Å². The molecule has 0 bridgehead atoms. The van der Waals surface area contributed by atoms with Gasteiger partial charge in [-0.1, -0.05) is 0 Å². The van der Waals surface area contributed by atoms with Gasteiger partial charge in [0.2, 0.25) is 0 Å². The van der Waals surface area contributed by atoms with Gasteiger partial charge >= 0.3 is 6.18 Å². The first-order chi connectivity index (χ1) is 5.95. The van der Waals surface area contributed by atoms with Gasteiger partial charge in [-0.2, -0.15) is 18.3 Å². The molecule has 1 rings (SSSR count). The predicted octanol–water partition coefficient (Wildman–Crippen LogP) is 1.34. The van der Waals surface area contributed by atoms with Crippen molar-refractivity contribution in [3.63, 3.8) is 0 Å². The molecule has 1 saturated carbocycles. The van der Waals surface area contributed by atoms with Crippen molar-refractivity contribution in [3.8, 4) is 0 Å². The summed E-state index contributed by atoms with van der Waals surface area (Å²) in [5.74, 6) is 3.60. The summed E-state index contributed by atoms with van der Waals surface area (Å²) >= 11 is 0. The zero-order chi connectivity index (χ0) is 10.1. The van der Waals surface area contributed by atoms with Crippen LogP contribution in [0.15, 0.2) is 10.1 Å². The van der Waals surface area contributed by atoms with Crippen LogP contribution in [0, 0.1) is 5.92 Å². The van der Waals surface area contributed by atoms with Crippen LogP contribution in [0.1, 0.15) is 13.3 Å². The Morgan fingerprint density at radius 1 is 1.54 bits per heavy atom. The third-order valence-electron chi connectivity index (χ3n) is 1.83. The van der Waals surface area contributed by atoms with Gasteiger partial charge < -0.3 is 5.84 Å². The fourth-order valence-corrected chi connectivity index (χ4v) is 0.935. The van der Waals surface area contributed by atoms with E-state index in [4.69, 9.17) is 5.84 Å². The number of nitrogens with two attached hydrogens (primary N) is 1. The highest BCUT2D eigenvalue weighted by atomic mass is 19.4. The molecule has 3 nitrogen and oxygen atoms in total. The fourth-order valence-electron chi connectivity index (χ4n) is 0.935. The lowest BCUT2D eigenvalue weighted by atomic mass is 10.4. The van der Waals surface area contributed by atoms with Gasteiger partial charge in [0.15, 0.2) is 0 Å². The first kappa shape index (κ1) is 10.0. The van der Waals surface area contributed by atoms with Crippen molar-refractivity contribution < 1.29 is 13.2 Å². The first-order valence-electron chi connectivity index (χ1n) is 3.79. The van der Waals surface area contributed by atoms with E-state index in [-0.39, 0.29) is 6.42 Å². The van der Waals surface area contributed by atoms with Crippen LogP contribution in [0.5, 0.6) is 0 Å². The smallest absolute Gasteiger partial charge is 0.323 e. The standard InChI is InChI=1S/C7H10F3N3/c1-4(13-11)3-12-6-2-5(6)7(8,9)10/h3,5-6H,2,11H2,1H3/t5-,6?/m0/s1. The lowest BCUT2D eigenvalue weighted by Crippen LogP contribution is -2.13. The van der Waals surface area contributed by atoms with Crippen LogP contribution < -0.4 is 5.84 Å². The number of hydrogen-bond acceptors (Lipinski definition) is 3. The minimum atomic E-state index is -4.12. The van der Waals surface area contributed by atoms with E-state index in [0.717, 1.165) is 0 Å². The summed E-state index contributed by atoms with van der Waals surface area (Å²) in [7, 11) is 0. The Balaban J connectivity index is 2.41. The molecule has 1 aliphatic rings. The summed E-state index contributed by atoms with van der Waals surface area (Å²) in [4.78, 5) is 3.70. The third kappa shape index (κ3) is 2.71. The maximum atomic E-state index is 12.0. The number of alkyl halides is 3. The molecule has 0 aliphatic heterocycles. The minimum Gasteiger partial charge on any atom is -0.323 e. The molecule has 0 amide bonds. The maximum absolute atomic E-state index is 12.0. The topological polar surface area (TPSA) is 50.7 Å². The van der Waals surface area contributed by atoms with Crippen LogP contribution in [0.4, 0.5) is 13.2 Å². The molecule has 0 aromatic rings. The second-order valence-electron chi connectivity index (χ2n) is 3.00. The monoisotopic (exact) mass is 193 g/mol. The fraction of sp³-hybridized carbons (Fsp3) is 0.714. The molecule has 1 fully saturated rings. The number of rotatable bonds is 2. The van der Waals surface area contributed by atoms with Crippen LogP contribution >= 0.6 is 0 Å². The molecular weight excluding hydrogens is 183 g/mol. The van der Waals surface area contributed by atoms with E-state index < -0.39 is 18.1 Å². The van der Waals surface area contributed by atoms with Gasteiger partial charge in [-0.15, -0.1) is 0 Å². The molecule has 2 atom stereocenters. The second-order valence-corrected chi connectivity index (χ2v) is 3.00. The van der Waals surface area contributed by atoms with Crippen LogP contribution in [-0.2, 0) is 0 Å². The summed E-state index contributed by atoms with van der Waals surface area (Å²) in [6.45, 7) is 1.58.